The number of hydrogen-bond donors (Lipinski definition) is 2. The van der Waals surface area contributed by atoms with Crippen LogP contribution in [0.3, 0.4) is 0 Å². The number of nitrogens with zero attached hydrogens (tertiary/aromatic N) is 4. The van der Waals surface area contributed by atoms with E-state index in [2.05, 4.69) is 33.6 Å². The highest BCUT2D eigenvalue weighted by molar-refractivity contribution is 7.92. The van der Waals surface area contributed by atoms with E-state index in [1.807, 2.05) is 24.3 Å². The van der Waals surface area contributed by atoms with E-state index in [9.17, 15) is 8.42 Å². The van der Waals surface area contributed by atoms with Crippen LogP contribution in [0.15, 0.2) is 66.0 Å². The monoisotopic (exact) mass is 408 g/mol. The van der Waals surface area contributed by atoms with E-state index in [0.717, 1.165) is 11.1 Å². The van der Waals surface area contributed by atoms with Crippen molar-refractivity contribution in [2.24, 2.45) is 0 Å². The molecule has 0 radical (unpaired) electrons. The average Bonchev–Trinajstić information content (AvgIpc) is 3.07. The Balaban J connectivity index is 1.67. The minimum atomic E-state index is -3.79. The maximum absolute atomic E-state index is 12.9. The van der Waals surface area contributed by atoms with E-state index >= 15 is 0 Å². The largest absolute Gasteiger partial charge is 0.366 e. The van der Waals surface area contributed by atoms with Crippen LogP contribution in [0, 0.1) is 0 Å². The Morgan fingerprint density at radius 3 is 2.69 bits per heavy atom. The van der Waals surface area contributed by atoms with Crippen LogP contribution in [0.5, 0.6) is 0 Å². The fourth-order valence-corrected chi connectivity index (χ4v) is 4.01. The van der Waals surface area contributed by atoms with Crippen molar-refractivity contribution in [3.8, 4) is 11.1 Å². The van der Waals surface area contributed by atoms with E-state index in [1.165, 1.54) is 6.20 Å². The second-order valence-corrected chi connectivity index (χ2v) is 8.67. The molecular formula is C20H20N6O2S. The molecule has 0 saturated carbocycles. The molecule has 148 valence electrons. The lowest BCUT2D eigenvalue weighted by atomic mass is 10.0. The predicted octanol–water partition coefficient (Wildman–Crippen LogP) is 3.30. The molecule has 8 nitrogen and oxygen atoms in total. The molecule has 29 heavy (non-hydrogen) atoms. The van der Waals surface area contributed by atoms with Crippen molar-refractivity contribution in [2.75, 3.05) is 10.5 Å². The Bertz CT molecular complexity index is 1300. The summed E-state index contributed by atoms with van der Waals surface area (Å²) < 4.78 is 29.9. The third kappa shape index (κ3) is 3.90. The summed E-state index contributed by atoms with van der Waals surface area (Å²) in [7, 11) is -3.79. The lowest BCUT2D eigenvalue weighted by Crippen LogP contribution is -2.13. The number of aromatic nitrogens is 4. The van der Waals surface area contributed by atoms with Crippen molar-refractivity contribution < 1.29 is 8.42 Å². The van der Waals surface area contributed by atoms with E-state index < -0.39 is 10.0 Å². The molecule has 0 bridgehead atoms. The number of anilines is 2. The predicted molar refractivity (Wildman–Crippen MR) is 112 cm³/mol. The molecule has 3 N–H and O–H groups in total. The number of nitrogens with one attached hydrogen (secondary N) is 1. The number of sulfonamides is 1. The number of nitrogen functional groups attached to an aromatic ring is 1. The number of pyridine rings is 2. The van der Waals surface area contributed by atoms with E-state index in [1.54, 1.807) is 35.1 Å². The summed E-state index contributed by atoms with van der Waals surface area (Å²) in [5.74, 6) is 0.467. The Kier molecular flexibility index (Phi) is 4.67. The zero-order chi connectivity index (χ0) is 20.6. The minimum absolute atomic E-state index is 0.0724. The van der Waals surface area contributed by atoms with E-state index in [0.29, 0.717) is 22.8 Å². The summed E-state index contributed by atoms with van der Waals surface area (Å²) in [5.41, 5.74) is 9.18. The van der Waals surface area contributed by atoms with Crippen molar-refractivity contribution in [3.05, 3.63) is 66.6 Å². The van der Waals surface area contributed by atoms with Crippen molar-refractivity contribution in [1.82, 2.24) is 19.6 Å². The Morgan fingerprint density at radius 2 is 1.90 bits per heavy atom. The first-order valence-corrected chi connectivity index (χ1v) is 10.5. The number of rotatable bonds is 5. The minimum Gasteiger partial charge on any atom is -0.366 e. The van der Waals surface area contributed by atoms with Gasteiger partial charge in [0.05, 0.1) is 0 Å². The van der Waals surface area contributed by atoms with E-state index in [4.69, 9.17) is 5.73 Å². The third-order valence-corrected chi connectivity index (χ3v) is 5.86. The molecule has 0 atom stereocenters. The highest BCUT2D eigenvalue weighted by Crippen LogP contribution is 2.24. The van der Waals surface area contributed by atoms with Gasteiger partial charge in [0.25, 0.3) is 10.0 Å². The number of fused-ring (bicyclic) bond motifs is 1. The van der Waals surface area contributed by atoms with Crippen LogP contribution < -0.4 is 10.5 Å². The fourth-order valence-electron chi connectivity index (χ4n) is 2.97. The Labute approximate surface area is 168 Å². The van der Waals surface area contributed by atoms with Gasteiger partial charge in [-0.15, -0.1) is 5.10 Å². The molecule has 0 amide bonds. The zero-order valence-corrected chi connectivity index (χ0v) is 16.8. The number of hydrogen-bond acceptors (Lipinski definition) is 6. The van der Waals surface area contributed by atoms with Crippen LogP contribution in [0.1, 0.15) is 25.3 Å². The molecule has 4 rings (SSSR count). The van der Waals surface area contributed by atoms with Gasteiger partial charge >= 0.3 is 0 Å². The van der Waals surface area contributed by atoms with Crippen molar-refractivity contribution in [3.63, 3.8) is 0 Å². The molecule has 0 unspecified atom stereocenters. The molecule has 0 aliphatic heterocycles. The first kappa shape index (κ1) is 18.9. The second kappa shape index (κ2) is 7.17. The van der Waals surface area contributed by atoms with Crippen LogP contribution >= 0.6 is 0 Å². The first-order chi connectivity index (χ1) is 13.8. The Hall–Kier alpha value is -3.46. The maximum atomic E-state index is 12.9. The van der Waals surface area contributed by atoms with Crippen LogP contribution in [-0.2, 0) is 10.0 Å². The standard InChI is InChI=1S/C20H20N6O2S/c1-13(2)14-4-3-5-17(8-14)25-29(27,28)18-9-16(10-22-11-18)15-6-7-19-23-20(21)24-26(19)12-15/h3-13,25H,1-2H3,(H2,21,24). The lowest BCUT2D eigenvalue weighted by Gasteiger charge is -2.12. The topological polar surface area (TPSA) is 115 Å². The summed E-state index contributed by atoms with van der Waals surface area (Å²) in [6, 6.07) is 12.5. The summed E-state index contributed by atoms with van der Waals surface area (Å²) >= 11 is 0. The summed E-state index contributed by atoms with van der Waals surface area (Å²) in [5, 5.41) is 4.08. The number of benzene rings is 1. The zero-order valence-electron chi connectivity index (χ0n) is 15.9. The molecule has 4 aromatic rings. The van der Waals surface area contributed by atoms with Gasteiger partial charge in [0, 0.05) is 35.4 Å². The molecule has 0 aliphatic carbocycles. The van der Waals surface area contributed by atoms with Crippen LogP contribution in [-0.4, -0.2) is 28.0 Å². The van der Waals surface area contributed by atoms with Gasteiger partial charge < -0.3 is 5.73 Å². The summed E-state index contributed by atoms with van der Waals surface area (Å²) in [6.45, 7) is 4.11. The molecule has 0 spiro atoms. The smallest absolute Gasteiger partial charge is 0.263 e. The quantitative estimate of drug-likeness (QED) is 0.523. The highest BCUT2D eigenvalue weighted by atomic mass is 32.2. The molecule has 0 aliphatic rings. The van der Waals surface area contributed by atoms with Gasteiger partial charge in [0.2, 0.25) is 5.95 Å². The van der Waals surface area contributed by atoms with Gasteiger partial charge in [-0.2, -0.15) is 4.98 Å². The molecule has 0 fully saturated rings. The molecule has 9 heteroatoms. The molecule has 3 heterocycles. The van der Waals surface area contributed by atoms with Crippen LogP contribution in [0.2, 0.25) is 0 Å². The molecular weight excluding hydrogens is 388 g/mol. The summed E-state index contributed by atoms with van der Waals surface area (Å²) in [4.78, 5) is 8.26. The molecule has 1 aromatic carbocycles. The third-order valence-electron chi connectivity index (χ3n) is 4.51. The fraction of sp³-hybridized carbons (Fsp3) is 0.150. The number of nitrogens with two attached hydrogens (primary N) is 1. The maximum Gasteiger partial charge on any atom is 0.263 e. The normalized spacial score (nSPS) is 11.8. The summed E-state index contributed by atoms with van der Waals surface area (Å²) in [6.07, 6.45) is 4.65. The van der Waals surface area contributed by atoms with Gasteiger partial charge in [-0.25, -0.2) is 12.9 Å². The van der Waals surface area contributed by atoms with Crippen molar-refractivity contribution in [1.29, 1.82) is 0 Å². The van der Waals surface area contributed by atoms with Gasteiger partial charge in [-0.3, -0.25) is 9.71 Å². The van der Waals surface area contributed by atoms with Crippen molar-refractivity contribution >= 4 is 27.3 Å². The van der Waals surface area contributed by atoms with E-state index in [-0.39, 0.29) is 10.8 Å². The highest BCUT2D eigenvalue weighted by Gasteiger charge is 2.16. The first-order valence-electron chi connectivity index (χ1n) is 9.02. The Morgan fingerprint density at radius 1 is 1.07 bits per heavy atom. The van der Waals surface area contributed by atoms with Gasteiger partial charge in [0.1, 0.15) is 4.90 Å². The van der Waals surface area contributed by atoms with Crippen molar-refractivity contribution in [2.45, 2.75) is 24.7 Å². The van der Waals surface area contributed by atoms with Gasteiger partial charge in [0.15, 0.2) is 5.65 Å². The van der Waals surface area contributed by atoms with Gasteiger partial charge in [-0.05, 0) is 41.8 Å². The molecule has 3 aromatic heterocycles. The SMILES string of the molecule is CC(C)c1cccc(NS(=O)(=O)c2cncc(-c3ccc4nc(N)nn4c3)c2)c1. The molecule has 0 saturated heterocycles. The van der Waals surface area contributed by atoms with Gasteiger partial charge in [-0.1, -0.05) is 26.0 Å². The van der Waals surface area contributed by atoms with Crippen LogP contribution in [0.4, 0.5) is 11.6 Å². The second-order valence-electron chi connectivity index (χ2n) is 6.99. The lowest BCUT2D eigenvalue weighted by molar-refractivity contribution is 0.601. The van der Waals surface area contributed by atoms with Crippen LogP contribution in [0.25, 0.3) is 16.8 Å². The average molecular weight is 408 g/mol.